The van der Waals surface area contributed by atoms with Gasteiger partial charge in [-0.1, -0.05) is 49.6 Å². The highest BCUT2D eigenvalue weighted by Crippen LogP contribution is 2.47. The summed E-state index contributed by atoms with van der Waals surface area (Å²) in [6.45, 7) is 1.42. The molecule has 1 aromatic carbocycles. The summed E-state index contributed by atoms with van der Waals surface area (Å²) in [6.07, 6.45) is 8.92. The monoisotopic (exact) mass is 336 g/mol. The lowest BCUT2D eigenvalue weighted by molar-refractivity contribution is -0.124. The molecule has 2 fully saturated rings. The second kappa shape index (κ2) is 7.67. The summed E-state index contributed by atoms with van der Waals surface area (Å²) in [5.74, 6) is 0.189. The molecule has 3 nitrogen and oxygen atoms in total. The summed E-state index contributed by atoms with van der Waals surface area (Å²) >= 11 is 0. The number of nitrogens with one attached hydrogen (secondary N) is 1. The van der Waals surface area contributed by atoms with E-state index in [1.54, 1.807) is 0 Å². The highest BCUT2D eigenvalue weighted by Gasteiger charge is 2.44. The Bertz CT molecular complexity index is 507. The van der Waals surface area contributed by atoms with Gasteiger partial charge in [-0.3, -0.25) is 4.79 Å². The maximum atomic E-state index is 12.4. The molecule has 2 saturated carbocycles. The fourth-order valence-electron chi connectivity index (χ4n) is 3.94. The average molecular weight is 337 g/mol. The highest BCUT2D eigenvalue weighted by atomic mass is 35.5. The van der Waals surface area contributed by atoms with Crippen LogP contribution in [0.15, 0.2) is 30.3 Å². The lowest BCUT2D eigenvalue weighted by Gasteiger charge is -2.35. The minimum Gasteiger partial charge on any atom is -0.355 e. The normalized spacial score (nSPS) is 21.1. The fourth-order valence-corrected chi connectivity index (χ4v) is 3.94. The van der Waals surface area contributed by atoms with Crippen molar-refractivity contribution < 1.29 is 4.79 Å². The molecule has 2 aliphatic rings. The van der Waals surface area contributed by atoms with Crippen molar-refractivity contribution in [1.82, 2.24) is 5.32 Å². The summed E-state index contributed by atoms with van der Waals surface area (Å²) in [5.41, 5.74) is 7.61. The molecule has 0 saturated heterocycles. The Hall–Kier alpha value is -1.06. The largest absolute Gasteiger partial charge is 0.355 e. The minimum absolute atomic E-state index is 0. The maximum absolute atomic E-state index is 12.4. The van der Waals surface area contributed by atoms with E-state index in [1.807, 2.05) is 6.07 Å². The van der Waals surface area contributed by atoms with Crippen molar-refractivity contribution in [3.8, 4) is 0 Å². The molecule has 3 rings (SSSR count). The van der Waals surface area contributed by atoms with Crippen molar-refractivity contribution in [3.05, 3.63) is 35.9 Å². The lowest BCUT2D eigenvalue weighted by atomic mass is 9.71. The number of carbonyl (C=O) groups excluding carboxylic acids is 1. The summed E-state index contributed by atoms with van der Waals surface area (Å²) in [6, 6.07) is 10.6. The fraction of sp³-hybridized carbons (Fsp3) is 0.632. The second-order valence-electron chi connectivity index (χ2n) is 7.36. The molecule has 0 atom stereocenters. The van der Waals surface area contributed by atoms with Gasteiger partial charge in [0.25, 0.3) is 0 Å². The zero-order valence-electron chi connectivity index (χ0n) is 13.9. The number of hydrogen-bond donors (Lipinski definition) is 2. The summed E-state index contributed by atoms with van der Waals surface area (Å²) in [4.78, 5) is 12.4. The maximum Gasteiger partial charge on any atom is 0.220 e. The van der Waals surface area contributed by atoms with Gasteiger partial charge in [0.05, 0.1) is 0 Å². The predicted molar refractivity (Wildman–Crippen MR) is 96.8 cm³/mol. The number of nitrogens with two attached hydrogens (primary N) is 1. The molecule has 0 radical (unpaired) electrons. The number of hydrogen-bond acceptors (Lipinski definition) is 2. The van der Waals surface area contributed by atoms with Gasteiger partial charge in [0.1, 0.15) is 0 Å². The van der Waals surface area contributed by atoms with Gasteiger partial charge in [0, 0.05) is 18.4 Å². The van der Waals surface area contributed by atoms with Crippen LogP contribution >= 0.6 is 12.4 Å². The van der Waals surface area contributed by atoms with Gasteiger partial charge in [-0.15, -0.1) is 12.4 Å². The van der Waals surface area contributed by atoms with Crippen LogP contribution in [0.5, 0.6) is 0 Å². The van der Waals surface area contributed by atoms with Crippen LogP contribution in [0.2, 0.25) is 0 Å². The van der Waals surface area contributed by atoms with Crippen LogP contribution in [-0.4, -0.2) is 19.0 Å². The van der Waals surface area contributed by atoms with Gasteiger partial charge < -0.3 is 11.1 Å². The third-order valence-corrected chi connectivity index (χ3v) is 5.75. The smallest absolute Gasteiger partial charge is 0.220 e. The van der Waals surface area contributed by atoms with E-state index in [9.17, 15) is 4.79 Å². The molecule has 4 heteroatoms. The van der Waals surface area contributed by atoms with Gasteiger partial charge in [0.15, 0.2) is 0 Å². The first kappa shape index (κ1) is 18.3. The molecule has 0 aliphatic heterocycles. The van der Waals surface area contributed by atoms with E-state index in [0.29, 0.717) is 13.0 Å². The molecule has 3 N–H and O–H groups in total. The second-order valence-corrected chi connectivity index (χ2v) is 7.36. The zero-order chi connectivity index (χ0) is 15.5. The van der Waals surface area contributed by atoms with Crippen LogP contribution in [-0.2, 0) is 10.2 Å². The Morgan fingerprint density at radius 1 is 1.04 bits per heavy atom. The van der Waals surface area contributed by atoms with Gasteiger partial charge >= 0.3 is 0 Å². The molecule has 0 aromatic heterocycles. The molecule has 1 aromatic rings. The van der Waals surface area contributed by atoms with Crippen molar-refractivity contribution >= 4 is 18.3 Å². The SMILES string of the molecule is Cl.NCC1(CC(=O)NCC2(c3ccccc3)CC2)CCCCC1. The first-order valence-electron chi connectivity index (χ1n) is 8.71. The van der Waals surface area contributed by atoms with Crippen LogP contribution in [0, 0.1) is 5.41 Å². The van der Waals surface area contributed by atoms with Crippen molar-refractivity contribution in [1.29, 1.82) is 0 Å². The predicted octanol–water partition coefficient (Wildman–Crippen LogP) is 3.56. The number of rotatable bonds is 6. The third-order valence-electron chi connectivity index (χ3n) is 5.75. The Balaban J connectivity index is 0.00000192. The molecule has 128 valence electrons. The van der Waals surface area contributed by atoms with Crippen molar-refractivity contribution in [2.45, 2.75) is 56.8 Å². The van der Waals surface area contributed by atoms with Gasteiger partial charge in [-0.05, 0) is 43.2 Å². The highest BCUT2D eigenvalue weighted by molar-refractivity contribution is 5.85. The van der Waals surface area contributed by atoms with E-state index in [0.717, 1.165) is 19.4 Å². The van der Waals surface area contributed by atoms with E-state index < -0.39 is 0 Å². The third kappa shape index (κ3) is 4.27. The first-order valence-corrected chi connectivity index (χ1v) is 8.71. The number of benzene rings is 1. The molecule has 0 heterocycles. The van der Waals surface area contributed by atoms with Crippen molar-refractivity contribution in [2.75, 3.05) is 13.1 Å². The van der Waals surface area contributed by atoms with Crippen molar-refractivity contribution in [3.63, 3.8) is 0 Å². The van der Waals surface area contributed by atoms with Crippen LogP contribution in [0.1, 0.15) is 56.9 Å². The quantitative estimate of drug-likeness (QED) is 0.834. The standard InChI is InChI=1S/C19H28N2O.ClH/c20-14-18(9-5-2-6-10-18)13-17(22)21-15-19(11-12-19)16-7-3-1-4-8-16;/h1,3-4,7-8H,2,5-6,9-15,20H2,(H,21,22);1H. The van der Waals surface area contributed by atoms with Crippen LogP contribution in [0.3, 0.4) is 0 Å². The average Bonchev–Trinajstić information content (AvgIpc) is 3.36. The molecule has 0 bridgehead atoms. The van der Waals surface area contributed by atoms with Gasteiger partial charge in [-0.2, -0.15) is 0 Å². The number of amides is 1. The Morgan fingerprint density at radius 3 is 2.26 bits per heavy atom. The molecular weight excluding hydrogens is 308 g/mol. The van der Waals surface area contributed by atoms with E-state index >= 15 is 0 Å². The molecule has 1 amide bonds. The summed E-state index contributed by atoms with van der Waals surface area (Å²) < 4.78 is 0. The van der Waals surface area contributed by atoms with E-state index in [4.69, 9.17) is 5.73 Å². The Labute approximate surface area is 145 Å². The van der Waals surface area contributed by atoms with Crippen LogP contribution in [0.4, 0.5) is 0 Å². The van der Waals surface area contributed by atoms with E-state index in [1.165, 1.54) is 37.7 Å². The lowest BCUT2D eigenvalue weighted by Crippen LogP contribution is -2.40. The first-order chi connectivity index (χ1) is 10.7. The molecule has 0 unspecified atom stereocenters. The van der Waals surface area contributed by atoms with E-state index in [-0.39, 0.29) is 29.1 Å². The number of carbonyl (C=O) groups is 1. The van der Waals surface area contributed by atoms with Crippen LogP contribution < -0.4 is 11.1 Å². The summed E-state index contributed by atoms with van der Waals surface area (Å²) in [7, 11) is 0. The summed E-state index contributed by atoms with van der Waals surface area (Å²) in [5, 5.41) is 3.20. The zero-order valence-corrected chi connectivity index (χ0v) is 14.7. The topological polar surface area (TPSA) is 55.1 Å². The van der Waals surface area contributed by atoms with Gasteiger partial charge in [0.2, 0.25) is 5.91 Å². The molecular formula is C19H29ClN2O. The molecule has 2 aliphatic carbocycles. The van der Waals surface area contributed by atoms with Crippen LogP contribution in [0.25, 0.3) is 0 Å². The Kier molecular flexibility index (Phi) is 6.10. The Morgan fingerprint density at radius 2 is 1.70 bits per heavy atom. The van der Waals surface area contributed by atoms with Gasteiger partial charge in [-0.25, -0.2) is 0 Å². The van der Waals surface area contributed by atoms with Crippen molar-refractivity contribution in [2.24, 2.45) is 11.1 Å². The molecule has 23 heavy (non-hydrogen) atoms. The number of halogens is 1. The minimum atomic E-state index is 0. The van der Waals surface area contributed by atoms with E-state index in [2.05, 4.69) is 29.6 Å². The molecule has 0 spiro atoms.